The number of aliphatic carboxylic acids is 1. The molecule has 198 valence electrons. The molecule has 5 aliphatic rings. The van der Waals surface area contributed by atoms with Gasteiger partial charge < -0.3 is 10.2 Å². The van der Waals surface area contributed by atoms with Crippen molar-refractivity contribution in [2.24, 2.45) is 62.6 Å². The van der Waals surface area contributed by atoms with Crippen molar-refractivity contribution in [3.63, 3.8) is 0 Å². The minimum atomic E-state index is -0.565. The van der Waals surface area contributed by atoms with Crippen molar-refractivity contribution in [1.29, 1.82) is 0 Å². The molecule has 0 spiro atoms. The third kappa shape index (κ3) is 3.34. The fourth-order valence-corrected chi connectivity index (χ4v) is 11.6. The SMILES string of the molecule is CC[C@@]1(C)C2CC[C@]3(C)C(CC=C4C5CC(C)(C)C[C@@H](C(=O)O)C5CC[C@]43C)[C@@]2(C)CC[C@@H]1CO. The summed E-state index contributed by atoms with van der Waals surface area (Å²) in [6, 6.07) is 0. The van der Waals surface area contributed by atoms with Crippen LogP contribution in [0.25, 0.3) is 0 Å². The zero-order valence-electron chi connectivity index (χ0n) is 23.6. The van der Waals surface area contributed by atoms with Crippen LogP contribution in [0.3, 0.4) is 0 Å². The Hall–Kier alpha value is -0.830. The van der Waals surface area contributed by atoms with Crippen molar-refractivity contribution in [1.82, 2.24) is 0 Å². The Balaban J connectivity index is 1.55. The van der Waals surface area contributed by atoms with Gasteiger partial charge in [-0.25, -0.2) is 0 Å². The van der Waals surface area contributed by atoms with E-state index in [1.807, 2.05) is 0 Å². The summed E-state index contributed by atoms with van der Waals surface area (Å²) in [7, 11) is 0. The molecule has 5 aliphatic carbocycles. The fourth-order valence-electron chi connectivity index (χ4n) is 11.6. The van der Waals surface area contributed by atoms with Gasteiger partial charge in [-0.2, -0.15) is 0 Å². The molecule has 3 nitrogen and oxygen atoms in total. The maximum atomic E-state index is 12.3. The Labute approximate surface area is 214 Å². The van der Waals surface area contributed by atoms with E-state index in [4.69, 9.17) is 0 Å². The number of allylic oxidation sites excluding steroid dienone is 2. The van der Waals surface area contributed by atoms with Gasteiger partial charge in [-0.15, -0.1) is 0 Å². The molecule has 0 aromatic rings. The highest BCUT2D eigenvalue weighted by atomic mass is 16.4. The van der Waals surface area contributed by atoms with Crippen molar-refractivity contribution in [2.45, 2.75) is 113 Å². The normalized spacial score (nSPS) is 52.9. The zero-order chi connectivity index (χ0) is 25.6. The van der Waals surface area contributed by atoms with Gasteiger partial charge in [0, 0.05) is 6.61 Å². The molecule has 0 bridgehead atoms. The first-order valence-electron chi connectivity index (χ1n) is 14.8. The van der Waals surface area contributed by atoms with Crippen LogP contribution in [0.5, 0.6) is 0 Å². The predicted molar refractivity (Wildman–Crippen MR) is 142 cm³/mol. The van der Waals surface area contributed by atoms with Gasteiger partial charge in [-0.1, -0.05) is 66.5 Å². The third-order valence-electron chi connectivity index (χ3n) is 13.8. The quantitative estimate of drug-likeness (QED) is 0.403. The fraction of sp³-hybridized carbons (Fsp3) is 0.906. The number of carboxylic acids is 1. The standard InChI is InChI=1S/C32H52O3/c1-8-29(4)20(19-33)11-14-30(5)25(29)13-16-32(7)26(30)10-9-24-22-17-28(2,3)18-23(27(34)35)21(22)12-15-31(24,32)6/h9,20-23,25-26,33H,8,10-19H2,1-7H3,(H,34,35)/t20-,21?,22?,23-,25?,26?,29-,30+,31-,32-/m1/s1. The number of aliphatic hydroxyl groups is 1. The molecule has 3 heteroatoms. The minimum Gasteiger partial charge on any atom is -0.481 e. The van der Waals surface area contributed by atoms with Crippen LogP contribution in [0.2, 0.25) is 0 Å². The van der Waals surface area contributed by atoms with E-state index in [9.17, 15) is 15.0 Å². The minimum absolute atomic E-state index is 0.0936. The summed E-state index contributed by atoms with van der Waals surface area (Å²) in [5.74, 6) is 1.80. The molecule has 0 amide bonds. The summed E-state index contributed by atoms with van der Waals surface area (Å²) >= 11 is 0. The zero-order valence-corrected chi connectivity index (χ0v) is 23.6. The number of hydrogen-bond acceptors (Lipinski definition) is 2. The molecule has 2 N–H and O–H groups in total. The lowest BCUT2D eigenvalue weighted by molar-refractivity contribution is -0.198. The molecule has 0 radical (unpaired) electrons. The molecule has 10 atom stereocenters. The monoisotopic (exact) mass is 484 g/mol. The van der Waals surface area contributed by atoms with Crippen molar-refractivity contribution in [3.8, 4) is 0 Å². The summed E-state index contributed by atoms with van der Waals surface area (Å²) in [4.78, 5) is 12.3. The van der Waals surface area contributed by atoms with Crippen molar-refractivity contribution in [3.05, 3.63) is 11.6 Å². The highest BCUT2D eigenvalue weighted by Gasteiger charge is 2.67. The van der Waals surface area contributed by atoms with E-state index in [1.165, 1.54) is 25.7 Å². The lowest BCUT2D eigenvalue weighted by Gasteiger charge is -2.71. The largest absolute Gasteiger partial charge is 0.481 e. The number of rotatable bonds is 3. The molecule has 4 saturated carbocycles. The summed E-state index contributed by atoms with van der Waals surface area (Å²) in [6.07, 6.45) is 14.2. The lowest BCUT2D eigenvalue weighted by atomic mass is 9.33. The Morgan fingerprint density at radius 2 is 1.69 bits per heavy atom. The second-order valence-electron chi connectivity index (χ2n) is 15.4. The molecule has 4 unspecified atom stereocenters. The van der Waals surface area contributed by atoms with Crippen LogP contribution in [0.4, 0.5) is 0 Å². The van der Waals surface area contributed by atoms with Gasteiger partial charge in [-0.05, 0) is 114 Å². The number of fused-ring (bicyclic) bond motifs is 7. The molecule has 0 aromatic heterocycles. The van der Waals surface area contributed by atoms with E-state index < -0.39 is 5.97 Å². The Kier molecular flexibility index (Phi) is 5.96. The van der Waals surface area contributed by atoms with E-state index in [-0.39, 0.29) is 27.6 Å². The van der Waals surface area contributed by atoms with E-state index in [2.05, 4.69) is 54.5 Å². The molecular formula is C32H52O3. The molecular weight excluding hydrogens is 432 g/mol. The van der Waals surface area contributed by atoms with Crippen molar-refractivity contribution >= 4 is 5.97 Å². The highest BCUT2D eigenvalue weighted by molar-refractivity contribution is 5.71. The highest BCUT2D eigenvalue weighted by Crippen LogP contribution is 2.75. The Bertz CT molecular complexity index is 904. The van der Waals surface area contributed by atoms with Crippen molar-refractivity contribution < 1.29 is 15.0 Å². The van der Waals surface area contributed by atoms with Crippen LogP contribution in [-0.2, 0) is 4.79 Å². The van der Waals surface area contributed by atoms with Crippen LogP contribution >= 0.6 is 0 Å². The summed E-state index contributed by atoms with van der Waals surface area (Å²) < 4.78 is 0. The topological polar surface area (TPSA) is 57.5 Å². The first-order chi connectivity index (χ1) is 16.3. The summed E-state index contributed by atoms with van der Waals surface area (Å²) in [5, 5.41) is 20.4. The van der Waals surface area contributed by atoms with E-state index >= 15 is 0 Å². The molecule has 4 fully saturated rings. The number of aliphatic hydroxyl groups excluding tert-OH is 1. The molecule has 0 aromatic carbocycles. The van der Waals surface area contributed by atoms with Crippen LogP contribution in [0, 0.1) is 62.6 Å². The van der Waals surface area contributed by atoms with Gasteiger partial charge in [0.05, 0.1) is 5.92 Å². The van der Waals surface area contributed by atoms with Gasteiger partial charge in [0.15, 0.2) is 0 Å². The second kappa shape index (κ2) is 8.08. The van der Waals surface area contributed by atoms with Crippen molar-refractivity contribution in [2.75, 3.05) is 6.61 Å². The van der Waals surface area contributed by atoms with E-state index in [1.54, 1.807) is 5.57 Å². The first kappa shape index (κ1) is 25.8. The van der Waals surface area contributed by atoms with Gasteiger partial charge in [-0.3, -0.25) is 4.79 Å². The smallest absolute Gasteiger partial charge is 0.306 e. The van der Waals surface area contributed by atoms with Gasteiger partial charge in [0.2, 0.25) is 0 Å². The molecule has 0 aliphatic heterocycles. The first-order valence-corrected chi connectivity index (χ1v) is 14.8. The van der Waals surface area contributed by atoms with E-state index in [0.29, 0.717) is 41.6 Å². The molecule has 5 rings (SSSR count). The molecule has 0 saturated heterocycles. The maximum absolute atomic E-state index is 12.3. The van der Waals surface area contributed by atoms with E-state index in [0.717, 1.165) is 38.5 Å². The van der Waals surface area contributed by atoms with Crippen LogP contribution in [0.1, 0.15) is 113 Å². The Morgan fingerprint density at radius 1 is 0.971 bits per heavy atom. The molecule has 35 heavy (non-hydrogen) atoms. The predicted octanol–water partition coefficient (Wildman–Crippen LogP) is 7.73. The van der Waals surface area contributed by atoms with Gasteiger partial charge in [0.25, 0.3) is 0 Å². The van der Waals surface area contributed by atoms with Crippen LogP contribution in [0.15, 0.2) is 11.6 Å². The Morgan fingerprint density at radius 3 is 2.31 bits per heavy atom. The number of carboxylic acid groups (broad SMARTS) is 1. The average Bonchev–Trinajstić information content (AvgIpc) is 2.78. The third-order valence-corrected chi connectivity index (χ3v) is 13.8. The number of hydrogen-bond donors (Lipinski definition) is 2. The van der Waals surface area contributed by atoms with Gasteiger partial charge in [0.1, 0.15) is 0 Å². The average molecular weight is 485 g/mol. The van der Waals surface area contributed by atoms with Crippen LogP contribution < -0.4 is 0 Å². The summed E-state index contributed by atoms with van der Waals surface area (Å²) in [5.41, 5.74) is 2.74. The molecule has 0 heterocycles. The van der Waals surface area contributed by atoms with Gasteiger partial charge >= 0.3 is 5.97 Å². The number of carbonyl (C=O) groups is 1. The maximum Gasteiger partial charge on any atom is 0.306 e. The second-order valence-corrected chi connectivity index (χ2v) is 15.4. The lowest BCUT2D eigenvalue weighted by Crippen LogP contribution is -2.64. The van der Waals surface area contributed by atoms with Crippen LogP contribution in [-0.4, -0.2) is 22.8 Å². The summed E-state index contributed by atoms with van der Waals surface area (Å²) in [6.45, 7) is 17.6.